The first-order chi connectivity index (χ1) is 11.2. The molecule has 0 bridgehead atoms. The fraction of sp³-hybridized carbons (Fsp3) is 0.167. The van der Waals surface area contributed by atoms with Gasteiger partial charge < -0.3 is 0 Å². The molecule has 2 aromatic rings. The van der Waals surface area contributed by atoms with Gasteiger partial charge in [-0.05, 0) is 37.3 Å². The fourth-order valence-corrected chi connectivity index (χ4v) is 3.71. The van der Waals surface area contributed by atoms with Crippen molar-refractivity contribution in [2.45, 2.75) is 11.8 Å². The highest BCUT2D eigenvalue weighted by molar-refractivity contribution is 7.92. The van der Waals surface area contributed by atoms with Crippen LogP contribution in [-0.4, -0.2) is 28.4 Å². The fourth-order valence-electron chi connectivity index (χ4n) is 2.66. The van der Waals surface area contributed by atoms with Crippen LogP contribution in [0.2, 0.25) is 0 Å². The Kier molecular flexibility index (Phi) is 3.81. The molecule has 3 rings (SSSR count). The molecule has 1 N–H and O–H groups in total. The van der Waals surface area contributed by atoms with Crippen molar-refractivity contribution in [3.05, 3.63) is 59.7 Å². The number of amides is 1. The molecule has 0 atom stereocenters. The molecule has 24 heavy (non-hydrogen) atoms. The number of nitrogens with one attached hydrogen (secondary N) is 1. The molecule has 2 aromatic carbocycles. The first-order valence-electron chi connectivity index (χ1n) is 7.51. The van der Waals surface area contributed by atoms with Crippen LogP contribution < -0.4 is 9.21 Å². The van der Waals surface area contributed by atoms with Gasteiger partial charge in [0.05, 0.1) is 19.0 Å². The number of fused-ring (bicyclic) bond motifs is 1. The Morgan fingerprint density at radius 3 is 2.29 bits per heavy atom. The van der Waals surface area contributed by atoms with Crippen LogP contribution in [0.25, 0.3) is 6.08 Å². The summed E-state index contributed by atoms with van der Waals surface area (Å²) in [6.07, 6.45) is 3.23. The number of hydrogen-bond donors (Lipinski definition) is 1. The Hall–Kier alpha value is -2.44. The van der Waals surface area contributed by atoms with Gasteiger partial charge in [-0.2, -0.15) is 0 Å². The second-order valence-electron chi connectivity index (χ2n) is 6.32. The van der Waals surface area contributed by atoms with Crippen LogP contribution in [0.1, 0.15) is 11.1 Å². The quantitative estimate of drug-likeness (QED) is 0.872. The van der Waals surface area contributed by atoms with Crippen molar-refractivity contribution in [3.63, 3.8) is 0 Å². The predicted octanol–water partition coefficient (Wildman–Crippen LogP) is 2.92. The molecule has 1 aliphatic heterocycles. The number of likely N-dealkylation sites (N-methyl/N-ethyl adjacent to an activating group) is 1. The van der Waals surface area contributed by atoms with Gasteiger partial charge in [0.15, 0.2) is 0 Å². The van der Waals surface area contributed by atoms with E-state index in [9.17, 15) is 13.2 Å². The Morgan fingerprint density at radius 1 is 0.958 bits per heavy atom. The zero-order valence-corrected chi connectivity index (χ0v) is 14.6. The number of quaternary nitrogens is 1. The van der Waals surface area contributed by atoms with Gasteiger partial charge in [0, 0.05) is 23.4 Å². The zero-order valence-electron chi connectivity index (χ0n) is 13.8. The predicted molar refractivity (Wildman–Crippen MR) is 96.1 cm³/mol. The average Bonchev–Trinajstić information content (AvgIpc) is 2.51. The van der Waals surface area contributed by atoms with E-state index in [0.29, 0.717) is 5.69 Å². The molecule has 0 aromatic heterocycles. The minimum absolute atomic E-state index is 0.0181. The minimum Gasteiger partial charge on any atom is -0.280 e. The number of sulfonamides is 1. The summed E-state index contributed by atoms with van der Waals surface area (Å²) in [6, 6.07) is 11.9. The van der Waals surface area contributed by atoms with Crippen LogP contribution in [0.15, 0.2) is 53.4 Å². The summed E-state index contributed by atoms with van der Waals surface area (Å²) in [5, 5.41) is 0. The van der Waals surface area contributed by atoms with Crippen molar-refractivity contribution in [1.29, 1.82) is 0 Å². The lowest BCUT2D eigenvalue weighted by Crippen LogP contribution is -2.47. The number of rotatable bonds is 3. The molecule has 0 fully saturated rings. The van der Waals surface area contributed by atoms with E-state index in [1.165, 1.54) is 6.08 Å². The lowest BCUT2D eigenvalue weighted by Gasteiger charge is -2.29. The second kappa shape index (κ2) is 5.58. The third-order valence-corrected chi connectivity index (χ3v) is 5.57. The molecule has 0 unspecified atom stereocenters. The van der Waals surface area contributed by atoms with Gasteiger partial charge in [-0.3, -0.25) is 4.72 Å². The lowest BCUT2D eigenvalue weighted by atomic mass is 10.1. The van der Waals surface area contributed by atoms with Crippen LogP contribution in [0.4, 0.5) is 11.4 Å². The molecule has 5 nitrogen and oxygen atoms in total. The molecule has 0 aliphatic carbocycles. The van der Waals surface area contributed by atoms with E-state index in [0.717, 1.165) is 16.8 Å². The summed E-state index contributed by atoms with van der Waals surface area (Å²) >= 11 is 0. The molecule has 1 aliphatic rings. The van der Waals surface area contributed by atoms with Crippen LogP contribution in [0.3, 0.4) is 0 Å². The van der Waals surface area contributed by atoms with E-state index in [1.807, 2.05) is 6.92 Å². The first-order valence-corrected chi connectivity index (χ1v) is 8.99. The standard InChI is InChI=1S/C18H19N2O3S/c1-13-4-8-16(9-5-13)24(22,23)19-15-7-10-17-14(12-15)6-11-18(21)20(17,2)3/h4-12,19H,1-3H3/q+1. The second-order valence-corrected chi connectivity index (χ2v) is 8.00. The normalized spacial score (nSPS) is 15.9. The van der Waals surface area contributed by atoms with Crippen molar-refractivity contribution in [2.75, 3.05) is 18.8 Å². The van der Waals surface area contributed by atoms with Gasteiger partial charge in [-0.15, -0.1) is 0 Å². The summed E-state index contributed by atoms with van der Waals surface area (Å²) in [4.78, 5) is 12.2. The van der Waals surface area contributed by atoms with E-state index in [1.54, 1.807) is 62.6 Å². The molecule has 0 saturated carbocycles. The molecular weight excluding hydrogens is 324 g/mol. The third-order valence-electron chi connectivity index (χ3n) is 4.17. The summed E-state index contributed by atoms with van der Waals surface area (Å²) in [5.41, 5.74) is 3.12. The smallest absolute Gasteiger partial charge is 0.280 e. The van der Waals surface area contributed by atoms with E-state index in [2.05, 4.69) is 4.72 Å². The molecular formula is C18H19N2O3S+. The van der Waals surface area contributed by atoms with Crippen molar-refractivity contribution < 1.29 is 13.2 Å². The Balaban J connectivity index is 1.94. The molecule has 6 heteroatoms. The highest BCUT2D eigenvalue weighted by atomic mass is 32.2. The maximum Gasteiger partial charge on any atom is 0.343 e. The Morgan fingerprint density at radius 2 is 1.62 bits per heavy atom. The largest absolute Gasteiger partial charge is 0.343 e. The van der Waals surface area contributed by atoms with Crippen LogP contribution >= 0.6 is 0 Å². The van der Waals surface area contributed by atoms with E-state index >= 15 is 0 Å². The number of aryl methyl sites for hydroxylation is 1. The number of carbonyl (C=O) groups excluding carboxylic acids is 1. The number of hydrogen-bond acceptors (Lipinski definition) is 3. The Labute approximate surface area is 141 Å². The van der Waals surface area contributed by atoms with Gasteiger partial charge >= 0.3 is 5.91 Å². The van der Waals surface area contributed by atoms with Crippen molar-refractivity contribution in [2.24, 2.45) is 0 Å². The van der Waals surface area contributed by atoms with Crippen molar-refractivity contribution >= 4 is 33.4 Å². The summed E-state index contributed by atoms with van der Waals surface area (Å²) in [6.45, 7) is 1.90. The van der Waals surface area contributed by atoms with Crippen molar-refractivity contribution in [3.8, 4) is 0 Å². The maximum absolute atomic E-state index is 12.5. The minimum atomic E-state index is -3.64. The summed E-state index contributed by atoms with van der Waals surface area (Å²) in [5.74, 6) is -0.0181. The van der Waals surface area contributed by atoms with Crippen LogP contribution in [0.5, 0.6) is 0 Å². The van der Waals surface area contributed by atoms with E-state index < -0.39 is 10.0 Å². The third kappa shape index (κ3) is 2.86. The first kappa shape index (κ1) is 16.4. The SMILES string of the molecule is Cc1ccc(S(=O)(=O)Nc2ccc3c(c2)C=CC(=O)[N+]3(C)C)cc1. The molecule has 1 heterocycles. The van der Waals surface area contributed by atoms with Crippen LogP contribution in [-0.2, 0) is 14.8 Å². The molecule has 0 saturated heterocycles. The van der Waals surface area contributed by atoms with Crippen LogP contribution in [0, 0.1) is 6.92 Å². The highest BCUT2D eigenvalue weighted by Crippen LogP contribution is 2.32. The topological polar surface area (TPSA) is 63.2 Å². The van der Waals surface area contributed by atoms with E-state index in [-0.39, 0.29) is 15.3 Å². The molecule has 0 spiro atoms. The number of anilines is 1. The van der Waals surface area contributed by atoms with Gasteiger partial charge in [0.1, 0.15) is 5.69 Å². The van der Waals surface area contributed by atoms with Crippen molar-refractivity contribution in [1.82, 2.24) is 4.48 Å². The monoisotopic (exact) mass is 343 g/mol. The molecule has 1 amide bonds. The zero-order chi connectivity index (χ0) is 17.5. The highest BCUT2D eigenvalue weighted by Gasteiger charge is 2.32. The summed E-state index contributed by atoms with van der Waals surface area (Å²) < 4.78 is 27.6. The van der Waals surface area contributed by atoms with Gasteiger partial charge in [-0.1, -0.05) is 17.7 Å². The average molecular weight is 343 g/mol. The Bertz CT molecular complexity index is 943. The van der Waals surface area contributed by atoms with Gasteiger partial charge in [0.25, 0.3) is 10.0 Å². The maximum atomic E-state index is 12.5. The number of benzene rings is 2. The lowest BCUT2D eigenvalue weighted by molar-refractivity contribution is -0.123. The number of nitrogens with zero attached hydrogens (tertiary/aromatic N) is 1. The molecule has 0 radical (unpaired) electrons. The van der Waals surface area contributed by atoms with E-state index in [4.69, 9.17) is 0 Å². The summed E-state index contributed by atoms with van der Waals surface area (Å²) in [7, 11) is -0.0296. The van der Waals surface area contributed by atoms with Gasteiger partial charge in [0.2, 0.25) is 0 Å². The number of carbonyl (C=O) groups is 1. The van der Waals surface area contributed by atoms with Gasteiger partial charge in [-0.25, -0.2) is 17.7 Å². The molecule has 124 valence electrons.